The van der Waals surface area contributed by atoms with E-state index in [0.717, 1.165) is 11.1 Å². The molecule has 9 heteroatoms. The molecule has 1 aromatic carbocycles. The van der Waals surface area contributed by atoms with Crippen molar-refractivity contribution < 1.29 is 18.9 Å². The Balaban J connectivity index is 0.00000450. The van der Waals surface area contributed by atoms with E-state index in [4.69, 9.17) is 18.9 Å². The average molecular weight is 530 g/mol. The lowest BCUT2D eigenvalue weighted by molar-refractivity contribution is 0.232. The smallest absolute Gasteiger partial charge is 0.213 e. The second-order valence-electron chi connectivity index (χ2n) is 6.48. The third-order valence-corrected chi connectivity index (χ3v) is 4.02. The number of ether oxygens (including phenoxy) is 4. The molecule has 0 saturated heterocycles. The van der Waals surface area contributed by atoms with Crippen molar-refractivity contribution in [3.8, 4) is 23.1 Å². The first-order valence-electron chi connectivity index (χ1n) is 9.35. The van der Waals surface area contributed by atoms with Crippen molar-refractivity contribution in [3.05, 3.63) is 41.6 Å². The summed E-state index contributed by atoms with van der Waals surface area (Å²) in [5, 5.41) is 6.54. The van der Waals surface area contributed by atoms with Crippen molar-refractivity contribution in [1.29, 1.82) is 0 Å². The van der Waals surface area contributed by atoms with E-state index in [-0.39, 0.29) is 30.1 Å². The number of aliphatic imine (C=N–C) groups is 1. The molecule has 0 atom stereocenters. The molecule has 0 fully saturated rings. The number of nitrogens with zero attached hydrogens (tertiary/aromatic N) is 2. The van der Waals surface area contributed by atoms with Gasteiger partial charge in [-0.2, -0.15) is 0 Å². The highest BCUT2D eigenvalue weighted by Gasteiger charge is 2.13. The second-order valence-corrected chi connectivity index (χ2v) is 6.48. The quantitative estimate of drug-likeness (QED) is 0.292. The summed E-state index contributed by atoms with van der Waals surface area (Å²) < 4.78 is 21.7. The van der Waals surface area contributed by atoms with Gasteiger partial charge in [-0.1, -0.05) is 6.07 Å². The van der Waals surface area contributed by atoms with Gasteiger partial charge in [0, 0.05) is 32.4 Å². The molecule has 0 aliphatic heterocycles. The minimum Gasteiger partial charge on any atom is -0.493 e. The van der Waals surface area contributed by atoms with Crippen molar-refractivity contribution in [2.75, 3.05) is 28.4 Å². The molecule has 0 amide bonds. The summed E-state index contributed by atoms with van der Waals surface area (Å²) in [4.78, 5) is 8.56. The van der Waals surface area contributed by atoms with E-state index >= 15 is 0 Å². The number of benzene rings is 1. The molecule has 1 heterocycles. The molecule has 0 aliphatic rings. The van der Waals surface area contributed by atoms with E-state index in [1.165, 1.54) is 0 Å². The molecule has 30 heavy (non-hydrogen) atoms. The first kappa shape index (κ1) is 25.6. The van der Waals surface area contributed by atoms with E-state index in [1.54, 1.807) is 34.6 Å². The summed E-state index contributed by atoms with van der Waals surface area (Å²) in [5.74, 6) is 3.08. The van der Waals surface area contributed by atoms with E-state index in [9.17, 15) is 0 Å². The fraction of sp³-hybridized carbons (Fsp3) is 0.429. The molecule has 0 unspecified atom stereocenters. The maximum Gasteiger partial charge on any atom is 0.213 e. The first-order valence-corrected chi connectivity index (χ1v) is 9.35. The maximum absolute atomic E-state index is 5.56. The summed E-state index contributed by atoms with van der Waals surface area (Å²) in [6.07, 6.45) is 1.89. The number of hydrogen-bond donors (Lipinski definition) is 2. The number of hydrogen-bond acceptors (Lipinski definition) is 6. The van der Waals surface area contributed by atoms with Crippen LogP contribution in [0, 0.1) is 0 Å². The third kappa shape index (κ3) is 7.43. The lowest BCUT2D eigenvalue weighted by Gasteiger charge is -2.16. The molecule has 0 bridgehead atoms. The van der Waals surface area contributed by atoms with Crippen molar-refractivity contribution in [2.45, 2.75) is 33.0 Å². The van der Waals surface area contributed by atoms with Gasteiger partial charge < -0.3 is 29.6 Å². The number of nitrogens with one attached hydrogen (secondary N) is 2. The Bertz CT molecular complexity index is 788. The number of methoxy groups -OCH3 is 3. The molecular formula is C21H31IN4O4. The monoisotopic (exact) mass is 530 g/mol. The van der Waals surface area contributed by atoms with Gasteiger partial charge in [-0.3, -0.25) is 4.99 Å². The molecule has 1 aromatic heterocycles. The van der Waals surface area contributed by atoms with Crippen LogP contribution in [0.15, 0.2) is 35.5 Å². The van der Waals surface area contributed by atoms with Crippen LogP contribution < -0.4 is 29.6 Å². The largest absolute Gasteiger partial charge is 0.493 e. The van der Waals surface area contributed by atoms with Crippen LogP contribution >= 0.6 is 24.0 Å². The van der Waals surface area contributed by atoms with Crippen LogP contribution in [0.2, 0.25) is 0 Å². The van der Waals surface area contributed by atoms with E-state index in [0.29, 0.717) is 42.2 Å². The minimum atomic E-state index is 0. The molecule has 0 saturated carbocycles. The zero-order chi connectivity index (χ0) is 21.2. The van der Waals surface area contributed by atoms with Crippen molar-refractivity contribution in [3.63, 3.8) is 0 Å². The summed E-state index contributed by atoms with van der Waals surface area (Å²) in [6.45, 7) is 5.07. The Morgan fingerprint density at radius 2 is 1.57 bits per heavy atom. The Hall–Kier alpha value is -2.43. The number of guanidine groups is 1. The first-order chi connectivity index (χ1) is 14.0. The van der Waals surface area contributed by atoms with Gasteiger partial charge in [-0.05, 0) is 37.1 Å². The van der Waals surface area contributed by atoms with Gasteiger partial charge in [0.2, 0.25) is 11.6 Å². The summed E-state index contributed by atoms with van der Waals surface area (Å²) in [7, 11) is 6.50. The molecule has 2 aromatic rings. The number of rotatable bonds is 9. The van der Waals surface area contributed by atoms with Gasteiger partial charge in [-0.25, -0.2) is 4.98 Å². The summed E-state index contributed by atoms with van der Waals surface area (Å²) in [5.41, 5.74) is 2.00. The van der Waals surface area contributed by atoms with Crippen LogP contribution in [-0.4, -0.2) is 45.4 Å². The zero-order valence-corrected chi connectivity index (χ0v) is 20.6. The Morgan fingerprint density at radius 3 is 2.00 bits per heavy atom. The Labute approximate surface area is 195 Å². The van der Waals surface area contributed by atoms with Gasteiger partial charge in [0.15, 0.2) is 17.5 Å². The third-order valence-electron chi connectivity index (χ3n) is 4.02. The van der Waals surface area contributed by atoms with E-state index in [2.05, 4.69) is 20.6 Å². The SMILES string of the molecule is CN=C(NCc1ccc(OC(C)C)nc1)NCc1cc(OC)c(OC)c(OC)c1.I. The highest BCUT2D eigenvalue weighted by molar-refractivity contribution is 14.0. The Kier molecular flexibility index (Phi) is 11.1. The normalized spacial score (nSPS) is 10.8. The molecule has 8 nitrogen and oxygen atoms in total. The molecule has 2 rings (SSSR count). The number of pyridine rings is 1. The van der Waals surface area contributed by atoms with Gasteiger partial charge in [-0.15, -0.1) is 24.0 Å². The minimum absolute atomic E-state index is 0. The number of aromatic nitrogens is 1. The highest BCUT2D eigenvalue weighted by Crippen LogP contribution is 2.38. The molecule has 0 spiro atoms. The van der Waals surface area contributed by atoms with Gasteiger partial charge >= 0.3 is 0 Å². The highest BCUT2D eigenvalue weighted by atomic mass is 127. The topological polar surface area (TPSA) is 86.2 Å². The van der Waals surface area contributed by atoms with Crippen LogP contribution in [0.25, 0.3) is 0 Å². The molecular weight excluding hydrogens is 499 g/mol. The van der Waals surface area contributed by atoms with Crippen molar-refractivity contribution in [1.82, 2.24) is 15.6 Å². The van der Waals surface area contributed by atoms with E-state index < -0.39 is 0 Å². The fourth-order valence-electron chi connectivity index (χ4n) is 2.66. The lowest BCUT2D eigenvalue weighted by Crippen LogP contribution is -2.36. The van der Waals surface area contributed by atoms with Gasteiger partial charge in [0.25, 0.3) is 0 Å². The maximum atomic E-state index is 5.56. The standard InChI is InChI=1S/C21H30N4O4.HI/c1-14(2)29-19-8-7-15(11-23-19)12-24-21(22-3)25-13-16-9-17(26-4)20(28-6)18(10-16)27-5;/h7-11,14H,12-13H2,1-6H3,(H2,22,24,25);1H. The average Bonchev–Trinajstić information content (AvgIpc) is 2.73. The number of halogens is 1. The summed E-state index contributed by atoms with van der Waals surface area (Å²) in [6, 6.07) is 7.64. The zero-order valence-electron chi connectivity index (χ0n) is 18.3. The van der Waals surface area contributed by atoms with Gasteiger partial charge in [0.1, 0.15) is 0 Å². The predicted molar refractivity (Wildman–Crippen MR) is 129 cm³/mol. The van der Waals surface area contributed by atoms with Crippen LogP contribution in [-0.2, 0) is 13.1 Å². The van der Waals surface area contributed by atoms with Crippen LogP contribution in [0.1, 0.15) is 25.0 Å². The summed E-state index contributed by atoms with van der Waals surface area (Å²) >= 11 is 0. The van der Waals surface area contributed by atoms with Gasteiger partial charge in [0.05, 0.1) is 27.4 Å². The fourth-order valence-corrected chi connectivity index (χ4v) is 2.66. The predicted octanol–water partition coefficient (Wildman–Crippen LogP) is 3.38. The second kappa shape index (κ2) is 13.0. The van der Waals surface area contributed by atoms with Crippen LogP contribution in [0.5, 0.6) is 23.1 Å². The van der Waals surface area contributed by atoms with Crippen LogP contribution in [0.3, 0.4) is 0 Å². The molecule has 0 radical (unpaired) electrons. The van der Waals surface area contributed by atoms with Crippen molar-refractivity contribution in [2.24, 2.45) is 4.99 Å². The lowest BCUT2D eigenvalue weighted by atomic mass is 10.2. The molecule has 166 valence electrons. The Morgan fingerprint density at radius 1 is 0.967 bits per heavy atom. The van der Waals surface area contributed by atoms with E-state index in [1.807, 2.05) is 38.1 Å². The molecule has 0 aliphatic carbocycles. The molecule has 2 N–H and O–H groups in total. The van der Waals surface area contributed by atoms with Crippen LogP contribution in [0.4, 0.5) is 0 Å². The van der Waals surface area contributed by atoms with Crippen molar-refractivity contribution >= 4 is 29.9 Å².